The number of ether oxygens (including phenoxy) is 1. The van der Waals surface area contributed by atoms with Crippen LogP contribution in [-0.4, -0.2) is 68.2 Å². The van der Waals surface area contributed by atoms with E-state index in [0.29, 0.717) is 25.1 Å². The molecular weight excluding hydrogens is 648 g/mol. The summed E-state index contributed by atoms with van der Waals surface area (Å²) in [5.41, 5.74) is 2.18. The zero-order valence-electron chi connectivity index (χ0n) is 29.5. The molecule has 0 saturated carbocycles. The fraction of sp³-hybridized carbons (Fsp3) is 0.333. The van der Waals surface area contributed by atoms with Crippen LogP contribution in [0.2, 0.25) is 0 Å². The van der Waals surface area contributed by atoms with Crippen LogP contribution in [0.4, 0.5) is 13.6 Å². The number of aliphatic hydroxyl groups excluding tert-OH is 1. The maximum absolute atomic E-state index is 14.8. The summed E-state index contributed by atoms with van der Waals surface area (Å²) in [6.45, 7) is 10.3. The molecule has 1 heterocycles. The Morgan fingerprint density at radius 2 is 1.39 bits per heavy atom. The van der Waals surface area contributed by atoms with Gasteiger partial charge in [0.15, 0.2) is 0 Å². The van der Waals surface area contributed by atoms with Crippen LogP contribution in [-0.2, 0) is 35.6 Å². The highest BCUT2D eigenvalue weighted by Crippen LogP contribution is 2.31. The van der Waals surface area contributed by atoms with Gasteiger partial charge in [0.05, 0.1) is 12.1 Å². The third-order valence-electron chi connectivity index (χ3n) is 8.96. The van der Waals surface area contributed by atoms with Gasteiger partial charge in [-0.3, -0.25) is 14.6 Å². The van der Waals surface area contributed by atoms with Crippen LogP contribution in [0.1, 0.15) is 49.4 Å². The van der Waals surface area contributed by atoms with Crippen molar-refractivity contribution in [3.8, 4) is 0 Å². The molecule has 2 amide bonds. The lowest BCUT2D eigenvalue weighted by Gasteiger charge is -2.49. The topological polar surface area (TPSA) is 73.3 Å². The molecule has 5 rings (SSSR count). The van der Waals surface area contributed by atoms with Crippen LogP contribution in [0.5, 0.6) is 0 Å². The van der Waals surface area contributed by atoms with Gasteiger partial charge in [-0.25, -0.2) is 13.6 Å². The molecule has 4 atom stereocenters. The Morgan fingerprint density at radius 3 is 1.88 bits per heavy atom. The lowest BCUT2D eigenvalue weighted by atomic mass is 9.89. The number of rotatable bonds is 13. The predicted molar refractivity (Wildman–Crippen MR) is 194 cm³/mol. The highest BCUT2D eigenvalue weighted by Gasteiger charge is 2.50. The fourth-order valence-electron chi connectivity index (χ4n) is 6.75. The number of piperazine rings is 1. The van der Waals surface area contributed by atoms with E-state index in [9.17, 15) is 23.5 Å². The third kappa shape index (κ3) is 10.1. The molecular formula is C42H47F2N3O4. The number of hydrogen-bond donors (Lipinski definition) is 1. The SMILES string of the molecule is C=CC[C@@H]1CN(Cc2ccccc2)C(=O)C([C@@H](O)[C@@H](Cc2cc(F)cc(F)c2)N(Cc2ccccc2)Cc2ccccc2)N1C(=O)OC(C)(C)C. The van der Waals surface area contributed by atoms with Crippen molar-refractivity contribution in [1.29, 1.82) is 0 Å². The molecule has 268 valence electrons. The molecule has 1 aliphatic heterocycles. The number of aliphatic hydroxyl groups is 1. The average Bonchev–Trinajstić information content (AvgIpc) is 3.08. The van der Waals surface area contributed by atoms with E-state index in [-0.39, 0.29) is 19.5 Å². The Hall–Kier alpha value is -4.86. The first kappa shape index (κ1) is 37.4. The van der Waals surface area contributed by atoms with E-state index in [4.69, 9.17) is 4.74 Å². The molecule has 7 nitrogen and oxygen atoms in total. The maximum Gasteiger partial charge on any atom is 0.411 e. The van der Waals surface area contributed by atoms with Gasteiger partial charge in [0.1, 0.15) is 23.3 Å². The highest BCUT2D eigenvalue weighted by atomic mass is 19.1. The number of carbonyl (C=O) groups is 2. The number of nitrogens with zero attached hydrogens (tertiary/aromatic N) is 3. The molecule has 1 N–H and O–H groups in total. The summed E-state index contributed by atoms with van der Waals surface area (Å²) in [6, 6.07) is 29.3. The maximum atomic E-state index is 14.8. The third-order valence-corrected chi connectivity index (χ3v) is 8.96. The van der Waals surface area contributed by atoms with Gasteiger partial charge >= 0.3 is 6.09 Å². The summed E-state index contributed by atoms with van der Waals surface area (Å²) < 4.78 is 35.2. The Kier molecular flexibility index (Phi) is 12.4. The van der Waals surface area contributed by atoms with Crippen LogP contribution in [0.15, 0.2) is 122 Å². The smallest absolute Gasteiger partial charge is 0.411 e. The van der Waals surface area contributed by atoms with Gasteiger partial charge < -0.3 is 14.7 Å². The lowest BCUT2D eigenvalue weighted by molar-refractivity contribution is -0.154. The Labute approximate surface area is 299 Å². The van der Waals surface area contributed by atoms with Gasteiger partial charge in [0, 0.05) is 38.3 Å². The van der Waals surface area contributed by atoms with E-state index < -0.39 is 53.5 Å². The van der Waals surface area contributed by atoms with Crippen molar-refractivity contribution in [3.05, 3.63) is 156 Å². The first-order valence-electron chi connectivity index (χ1n) is 17.3. The van der Waals surface area contributed by atoms with E-state index in [1.165, 1.54) is 17.0 Å². The Morgan fingerprint density at radius 1 is 0.882 bits per heavy atom. The number of hydrogen-bond acceptors (Lipinski definition) is 5. The van der Waals surface area contributed by atoms with Crippen molar-refractivity contribution < 1.29 is 28.2 Å². The van der Waals surface area contributed by atoms with Crippen molar-refractivity contribution in [2.45, 2.75) is 83.1 Å². The Bertz CT molecular complexity index is 1690. The molecule has 0 spiro atoms. The summed E-state index contributed by atoms with van der Waals surface area (Å²) in [5.74, 6) is -1.95. The summed E-state index contributed by atoms with van der Waals surface area (Å²) in [4.78, 5) is 33.9. The molecule has 1 fully saturated rings. The molecule has 0 aliphatic carbocycles. The van der Waals surface area contributed by atoms with Crippen molar-refractivity contribution in [2.24, 2.45) is 0 Å². The van der Waals surface area contributed by atoms with E-state index in [1.54, 1.807) is 31.7 Å². The molecule has 0 radical (unpaired) electrons. The second kappa shape index (κ2) is 16.9. The first-order valence-corrected chi connectivity index (χ1v) is 17.3. The minimum atomic E-state index is -1.52. The normalized spacial score (nSPS) is 17.7. The zero-order valence-corrected chi connectivity index (χ0v) is 29.5. The first-order chi connectivity index (χ1) is 24.4. The molecule has 1 aliphatic rings. The van der Waals surface area contributed by atoms with Gasteiger partial charge in [-0.2, -0.15) is 0 Å². The fourth-order valence-corrected chi connectivity index (χ4v) is 6.75. The number of carbonyl (C=O) groups excluding carboxylic acids is 2. The molecule has 4 aromatic rings. The molecule has 0 aromatic heterocycles. The van der Waals surface area contributed by atoms with Crippen molar-refractivity contribution in [1.82, 2.24) is 14.7 Å². The summed E-state index contributed by atoms with van der Waals surface area (Å²) >= 11 is 0. The molecule has 51 heavy (non-hydrogen) atoms. The molecule has 9 heteroatoms. The predicted octanol–water partition coefficient (Wildman–Crippen LogP) is 7.53. The van der Waals surface area contributed by atoms with E-state index in [2.05, 4.69) is 6.58 Å². The van der Waals surface area contributed by atoms with Crippen LogP contribution in [0, 0.1) is 11.6 Å². The summed E-state index contributed by atoms with van der Waals surface area (Å²) in [7, 11) is 0. The van der Waals surface area contributed by atoms with Gasteiger partial charge in [-0.05, 0) is 68.0 Å². The second-order valence-electron chi connectivity index (χ2n) is 14.1. The van der Waals surface area contributed by atoms with E-state index in [0.717, 1.165) is 22.8 Å². The minimum Gasteiger partial charge on any atom is -0.444 e. The summed E-state index contributed by atoms with van der Waals surface area (Å²) in [5, 5.41) is 12.8. The molecule has 0 bridgehead atoms. The highest BCUT2D eigenvalue weighted by molar-refractivity contribution is 5.88. The number of halogens is 2. The average molecular weight is 696 g/mol. The van der Waals surface area contributed by atoms with E-state index >= 15 is 0 Å². The van der Waals surface area contributed by atoms with Crippen molar-refractivity contribution in [3.63, 3.8) is 0 Å². The van der Waals surface area contributed by atoms with Crippen LogP contribution < -0.4 is 0 Å². The quantitative estimate of drug-likeness (QED) is 0.147. The van der Waals surface area contributed by atoms with Gasteiger partial charge in [0.25, 0.3) is 0 Å². The number of benzene rings is 4. The summed E-state index contributed by atoms with van der Waals surface area (Å²) in [6.07, 6.45) is -0.259. The number of amides is 2. The largest absolute Gasteiger partial charge is 0.444 e. The zero-order chi connectivity index (χ0) is 36.5. The van der Waals surface area contributed by atoms with Crippen molar-refractivity contribution in [2.75, 3.05) is 6.54 Å². The Balaban J connectivity index is 1.65. The molecule has 1 saturated heterocycles. The van der Waals surface area contributed by atoms with Crippen molar-refractivity contribution >= 4 is 12.0 Å². The van der Waals surface area contributed by atoms with Gasteiger partial charge in [0.2, 0.25) is 5.91 Å². The second-order valence-corrected chi connectivity index (χ2v) is 14.1. The molecule has 1 unspecified atom stereocenters. The minimum absolute atomic E-state index is 0.0216. The van der Waals surface area contributed by atoms with E-state index in [1.807, 2.05) is 95.9 Å². The van der Waals surface area contributed by atoms with Gasteiger partial charge in [-0.15, -0.1) is 6.58 Å². The monoisotopic (exact) mass is 695 g/mol. The standard InChI is InChI=1S/C42H47F2N3O4/c1-5-15-36-29-46(28-32-20-13-8-14-21-32)40(49)38(47(36)41(50)51-42(2,3)4)39(48)37(24-33-22-34(43)25-35(44)23-33)45(26-30-16-9-6-10-17-30)27-31-18-11-7-12-19-31/h5-14,16-23,25,36-39,48H,1,15,24,26-29H2,2-4H3/t36-,37-,38?,39+/m1/s1. The van der Waals surface area contributed by atoms with Crippen LogP contribution in [0.25, 0.3) is 0 Å². The van der Waals surface area contributed by atoms with Gasteiger partial charge in [-0.1, -0.05) is 97.1 Å². The lowest BCUT2D eigenvalue weighted by Crippen LogP contribution is -2.69. The molecule has 4 aromatic carbocycles. The van der Waals surface area contributed by atoms with Crippen LogP contribution >= 0.6 is 0 Å². The van der Waals surface area contributed by atoms with Crippen LogP contribution in [0.3, 0.4) is 0 Å².